The van der Waals surface area contributed by atoms with Gasteiger partial charge in [-0.05, 0) is 30.7 Å². The summed E-state index contributed by atoms with van der Waals surface area (Å²) >= 11 is 0. The van der Waals surface area contributed by atoms with Crippen molar-refractivity contribution < 1.29 is 9.53 Å². The van der Waals surface area contributed by atoms with Crippen LogP contribution >= 0.6 is 0 Å². The number of nitrogens with one attached hydrogen (secondary N) is 1. The fourth-order valence-corrected chi connectivity index (χ4v) is 1.79. The molecule has 4 nitrogen and oxygen atoms in total. The number of carbonyl (C=O) groups excluding carboxylic acids is 1. The van der Waals surface area contributed by atoms with E-state index >= 15 is 0 Å². The molecular weight excluding hydrogens is 252 g/mol. The van der Waals surface area contributed by atoms with Gasteiger partial charge in [-0.2, -0.15) is 0 Å². The maximum absolute atomic E-state index is 12.1. The molecule has 0 aromatic heterocycles. The van der Waals surface area contributed by atoms with Gasteiger partial charge in [-0.1, -0.05) is 25.1 Å². The summed E-state index contributed by atoms with van der Waals surface area (Å²) in [5.41, 5.74) is 7.40. The number of para-hydroxylation sites is 1. The van der Waals surface area contributed by atoms with Gasteiger partial charge in [0.25, 0.3) is 5.91 Å². The SMILES string of the molecule is CCCOc1cccc(NC(=O)c2ccccc2N)c1. The molecule has 0 aliphatic heterocycles. The minimum Gasteiger partial charge on any atom is -0.494 e. The summed E-state index contributed by atoms with van der Waals surface area (Å²) in [4.78, 5) is 12.1. The van der Waals surface area contributed by atoms with E-state index in [0.29, 0.717) is 23.5 Å². The predicted octanol–water partition coefficient (Wildman–Crippen LogP) is 3.31. The number of hydrogen-bond donors (Lipinski definition) is 2. The van der Waals surface area contributed by atoms with Crippen molar-refractivity contribution in [3.8, 4) is 5.75 Å². The highest BCUT2D eigenvalue weighted by Crippen LogP contribution is 2.19. The molecule has 2 rings (SSSR count). The second-order valence-electron chi connectivity index (χ2n) is 4.42. The number of ether oxygens (including phenoxy) is 1. The summed E-state index contributed by atoms with van der Waals surface area (Å²) in [7, 11) is 0. The Morgan fingerprint density at radius 3 is 2.75 bits per heavy atom. The molecule has 104 valence electrons. The van der Waals surface area contributed by atoms with Crippen LogP contribution in [0.3, 0.4) is 0 Å². The molecule has 0 saturated carbocycles. The minimum absolute atomic E-state index is 0.226. The van der Waals surface area contributed by atoms with Gasteiger partial charge >= 0.3 is 0 Å². The maximum atomic E-state index is 12.1. The van der Waals surface area contributed by atoms with Gasteiger partial charge in [0.05, 0.1) is 12.2 Å². The van der Waals surface area contributed by atoms with Gasteiger partial charge in [0, 0.05) is 17.4 Å². The average molecular weight is 270 g/mol. The number of nitrogen functional groups attached to an aromatic ring is 1. The third-order valence-corrected chi connectivity index (χ3v) is 2.77. The summed E-state index contributed by atoms with van der Waals surface area (Å²) < 4.78 is 5.53. The van der Waals surface area contributed by atoms with E-state index in [1.165, 1.54) is 0 Å². The lowest BCUT2D eigenvalue weighted by molar-refractivity contribution is 0.102. The number of benzene rings is 2. The molecule has 0 heterocycles. The van der Waals surface area contributed by atoms with E-state index < -0.39 is 0 Å². The smallest absolute Gasteiger partial charge is 0.257 e. The van der Waals surface area contributed by atoms with E-state index in [9.17, 15) is 4.79 Å². The zero-order valence-electron chi connectivity index (χ0n) is 11.4. The average Bonchev–Trinajstić information content (AvgIpc) is 2.46. The van der Waals surface area contributed by atoms with Crippen LogP contribution in [0, 0.1) is 0 Å². The molecule has 0 spiro atoms. The van der Waals surface area contributed by atoms with E-state index in [1.54, 1.807) is 30.3 Å². The molecule has 0 radical (unpaired) electrons. The quantitative estimate of drug-likeness (QED) is 0.819. The van der Waals surface area contributed by atoms with E-state index in [4.69, 9.17) is 10.5 Å². The first-order chi connectivity index (χ1) is 9.70. The van der Waals surface area contributed by atoms with Crippen molar-refractivity contribution in [1.29, 1.82) is 0 Å². The Morgan fingerprint density at radius 2 is 2.00 bits per heavy atom. The van der Waals surface area contributed by atoms with Gasteiger partial charge in [-0.15, -0.1) is 0 Å². The first kappa shape index (κ1) is 13.9. The van der Waals surface area contributed by atoms with Gasteiger partial charge in [0.2, 0.25) is 0 Å². The van der Waals surface area contributed by atoms with Crippen LogP contribution in [0.4, 0.5) is 11.4 Å². The van der Waals surface area contributed by atoms with E-state index in [-0.39, 0.29) is 5.91 Å². The second-order valence-corrected chi connectivity index (χ2v) is 4.42. The van der Waals surface area contributed by atoms with Gasteiger partial charge in [0.15, 0.2) is 0 Å². The molecule has 0 aliphatic carbocycles. The van der Waals surface area contributed by atoms with Gasteiger partial charge in [0.1, 0.15) is 5.75 Å². The molecule has 0 aliphatic rings. The molecule has 1 amide bonds. The molecular formula is C16H18N2O2. The highest BCUT2D eigenvalue weighted by molar-refractivity contribution is 6.07. The van der Waals surface area contributed by atoms with Crippen molar-refractivity contribution in [3.05, 3.63) is 54.1 Å². The zero-order valence-corrected chi connectivity index (χ0v) is 11.4. The maximum Gasteiger partial charge on any atom is 0.257 e. The summed E-state index contributed by atoms with van der Waals surface area (Å²) in [6.07, 6.45) is 0.942. The van der Waals surface area contributed by atoms with Crippen LogP contribution in [0.5, 0.6) is 5.75 Å². The molecule has 0 saturated heterocycles. The lowest BCUT2D eigenvalue weighted by Gasteiger charge is -2.09. The molecule has 0 unspecified atom stereocenters. The van der Waals surface area contributed by atoms with Crippen molar-refractivity contribution in [2.75, 3.05) is 17.7 Å². The summed E-state index contributed by atoms with van der Waals surface area (Å²) in [5, 5.41) is 2.82. The van der Waals surface area contributed by atoms with Crippen molar-refractivity contribution in [1.82, 2.24) is 0 Å². The van der Waals surface area contributed by atoms with E-state index in [1.807, 2.05) is 25.1 Å². The number of carbonyl (C=O) groups is 1. The van der Waals surface area contributed by atoms with Crippen LogP contribution in [-0.4, -0.2) is 12.5 Å². The van der Waals surface area contributed by atoms with Gasteiger partial charge in [-0.25, -0.2) is 0 Å². The number of amides is 1. The third-order valence-electron chi connectivity index (χ3n) is 2.77. The summed E-state index contributed by atoms with van der Waals surface area (Å²) in [6.45, 7) is 2.70. The minimum atomic E-state index is -0.226. The molecule has 0 fully saturated rings. The van der Waals surface area contributed by atoms with Gasteiger partial charge in [-0.3, -0.25) is 4.79 Å². The zero-order chi connectivity index (χ0) is 14.4. The van der Waals surface area contributed by atoms with Crippen LogP contribution in [-0.2, 0) is 0 Å². The molecule has 2 aromatic rings. The topological polar surface area (TPSA) is 64.3 Å². The Morgan fingerprint density at radius 1 is 1.20 bits per heavy atom. The predicted molar refractivity (Wildman–Crippen MR) is 81.0 cm³/mol. The van der Waals surface area contributed by atoms with Crippen LogP contribution in [0.15, 0.2) is 48.5 Å². The lowest BCUT2D eigenvalue weighted by Crippen LogP contribution is -2.13. The number of nitrogens with two attached hydrogens (primary N) is 1. The van der Waals surface area contributed by atoms with Crippen molar-refractivity contribution in [3.63, 3.8) is 0 Å². The Labute approximate surface area is 118 Å². The van der Waals surface area contributed by atoms with Crippen LogP contribution < -0.4 is 15.8 Å². The second kappa shape index (κ2) is 6.61. The lowest BCUT2D eigenvalue weighted by atomic mass is 10.1. The molecule has 3 N–H and O–H groups in total. The first-order valence-corrected chi connectivity index (χ1v) is 6.59. The number of hydrogen-bond acceptors (Lipinski definition) is 3. The number of rotatable bonds is 5. The Bertz CT molecular complexity index is 597. The Hall–Kier alpha value is -2.49. The van der Waals surface area contributed by atoms with Crippen LogP contribution in [0.1, 0.15) is 23.7 Å². The van der Waals surface area contributed by atoms with E-state index in [2.05, 4.69) is 5.32 Å². The molecule has 4 heteroatoms. The standard InChI is InChI=1S/C16H18N2O2/c1-2-10-20-13-7-5-6-12(11-13)18-16(19)14-8-3-4-9-15(14)17/h3-9,11H,2,10,17H2,1H3,(H,18,19). The van der Waals surface area contributed by atoms with Crippen molar-refractivity contribution in [2.45, 2.75) is 13.3 Å². The molecule has 0 bridgehead atoms. The fraction of sp³-hybridized carbons (Fsp3) is 0.188. The monoisotopic (exact) mass is 270 g/mol. The highest BCUT2D eigenvalue weighted by atomic mass is 16.5. The van der Waals surface area contributed by atoms with Gasteiger partial charge < -0.3 is 15.8 Å². The van der Waals surface area contributed by atoms with Crippen LogP contribution in [0.25, 0.3) is 0 Å². The number of anilines is 2. The molecule has 20 heavy (non-hydrogen) atoms. The van der Waals surface area contributed by atoms with E-state index in [0.717, 1.165) is 12.2 Å². The molecule has 0 atom stereocenters. The summed E-state index contributed by atoms with van der Waals surface area (Å²) in [5.74, 6) is 0.515. The Balaban J connectivity index is 2.10. The first-order valence-electron chi connectivity index (χ1n) is 6.59. The summed E-state index contributed by atoms with van der Waals surface area (Å²) in [6, 6.07) is 14.3. The molecule has 2 aromatic carbocycles. The highest BCUT2D eigenvalue weighted by Gasteiger charge is 2.09. The van der Waals surface area contributed by atoms with Crippen LogP contribution in [0.2, 0.25) is 0 Å². The Kier molecular flexibility index (Phi) is 4.60. The van der Waals surface area contributed by atoms with Crippen molar-refractivity contribution in [2.24, 2.45) is 0 Å². The largest absolute Gasteiger partial charge is 0.494 e. The normalized spacial score (nSPS) is 10.1. The van der Waals surface area contributed by atoms with Crippen molar-refractivity contribution >= 4 is 17.3 Å². The fourth-order valence-electron chi connectivity index (χ4n) is 1.79. The third kappa shape index (κ3) is 3.51.